The molecule has 7 nitrogen and oxygen atoms in total. The van der Waals surface area contributed by atoms with E-state index in [2.05, 4.69) is 43.9 Å². The fourth-order valence-corrected chi connectivity index (χ4v) is 2.80. The van der Waals surface area contributed by atoms with Crippen molar-refractivity contribution in [1.29, 1.82) is 0 Å². The van der Waals surface area contributed by atoms with Crippen LogP contribution in [-0.2, 0) is 13.1 Å². The average Bonchev–Trinajstić information content (AvgIpc) is 3.21. The van der Waals surface area contributed by atoms with Crippen molar-refractivity contribution >= 4 is 5.96 Å². The van der Waals surface area contributed by atoms with Crippen LogP contribution >= 0.6 is 0 Å². The molecule has 152 valence electrons. The van der Waals surface area contributed by atoms with Gasteiger partial charge >= 0.3 is 0 Å². The molecule has 0 aliphatic rings. The van der Waals surface area contributed by atoms with Gasteiger partial charge in [0.25, 0.3) is 0 Å². The molecule has 1 atom stereocenters. The molecule has 1 unspecified atom stereocenters. The van der Waals surface area contributed by atoms with Crippen LogP contribution in [0.4, 0.5) is 4.39 Å². The first-order valence-corrected chi connectivity index (χ1v) is 9.39. The Hall–Kier alpha value is -3.42. The number of guanidine groups is 1. The van der Waals surface area contributed by atoms with Crippen molar-refractivity contribution in [2.24, 2.45) is 4.99 Å². The first kappa shape index (κ1) is 20.3. The largest absolute Gasteiger partial charge is 0.489 e. The zero-order chi connectivity index (χ0) is 20.5. The van der Waals surface area contributed by atoms with E-state index < -0.39 is 0 Å². The molecule has 0 fully saturated rings. The van der Waals surface area contributed by atoms with Gasteiger partial charge in [-0.25, -0.2) is 14.1 Å². The molecule has 3 rings (SSSR count). The van der Waals surface area contributed by atoms with Gasteiger partial charge in [0.15, 0.2) is 5.96 Å². The number of nitrogens with one attached hydrogen (secondary N) is 2. The van der Waals surface area contributed by atoms with E-state index in [1.165, 1.54) is 18.5 Å². The van der Waals surface area contributed by atoms with Crippen LogP contribution in [0.3, 0.4) is 0 Å². The van der Waals surface area contributed by atoms with Gasteiger partial charge in [0.05, 0.1) is 13.1 Å². The number of benzene rings is 2. The molecule has 0 spiro atoms. The molecule has 0 saturated heterocycles. The fourth-order valence-electron chi connectivity index (χ4n) is 2.80. The zero-order valence-corrected chi connectivity index (χ0v) is 16.5. The highest BCUT2D eigenvalue weighted by atomic mass is 19.1. The van der Waals surface area contributed by atoms with Crippen LogP contribution in [0, 0.1) is 5.82 Å². The van der Waals surface area contributed by atoms with Gasteiger partial charge in [0.2, 0.25) is 0 Å². The average molecular weight is 396 g/mol. The number of halogens is 1. The van der Waals surface area contributed by atoms with Gasteiger partial charge in [0, 0.05) is 19.7 Å². The predicted octanol–water partition coefficient (Wildman–Crippen LogP) is 2.60. The normalized spacial score (nSPS) is 12.4. The summed E-state index contributed by atoms with van der Waals surface area (Å²) in [6.07, 6.45) is 3.07. The first-order valence-electron chi connectivity index (χ1n) is 9.39. The van der Waals surface area contributed by atoms with Crippen molar-refractivity contribution in [3.05, 3.63) is 78.1 Å². The van der Waals surface area contributed by atoms with Crippen molar-refractivity contribution < 1.29 is 9.13 Å². The second-order valence-corrected chi connectivity index (χ2v) is 6.61. The predicted molar refractivity (Wildman–Crippen MR) is 110 cm³/mol. The monoisotopic (exact) mass is 396 g/mol. The van der Waals surface area contributed by atoms with E-state index in [-0.39, 0.29) is 11.9 Å². The summed E-state index contributed by atoms with van der Waals surface area (Å²) in [5, 5.41) is 10.6. The first-order chi connectivity index (χ1) is 14.1. The highest BCUT2D eigenvalue weighted by Crippen LogP contribution is 2.13. The molecule has 1 heterocycles. The van der Waals surface area contributed by atoms with Gasteiger partial charge in [-0.1, -0.05) is 30.3 Å². The molecule has 0 amide bonds. The third-order valence-electron chi connectivity index (χ3n) is 4.18. The summed E-state index contributed by atoms with van der Waals surface area (Å²) in [7, 11) is 1.72. The van der Waals surface area contributed by atoms with E-state index in [1.807, 2.05) is 13.0 Å². The van der Waals surface area contributed by atoms with E-state index in [1.54, 1.807) is 30.2 Å². The van der Waals surface area contributed by atoms with Crippen LogP contribution in [0.25, 0.3) is 0 Å². The lowest BCUT2D eigenvalue weighted by atomic mass is 10.1. The summed E-state index contributed by atoms with van der Waals surface area (Å²) in [4.78, 5) is 8.20. The molecule has 29 heavy (non-hydrogen) atoms. The van der Waals surface area contributed by atoms with Crippen molar-refractivity contribution in [3.8, 4) is 5.75 Å². The number of aromatic nitrogens is 3. The van der Waals surface area contributed by atoms with Crippen LogP contribution in [0.5, 0.6) is 5.75 Å². The smallest absolute Gasteiger partial charge is 0.191 e. The molecule has 0 saturated carbocycles. The fraction of sp³-hybridized carbons (Fsp3) is 0.286. The van der Waals surface area contributed by atoms with Gasteiger partial charge in [0.1, 0.15) is 30.3 Å². The minimum absolute atomic E-state index is 0.152. The second kappa shape index (κ2) is 10.2. The molecule has 2 N–H and O–H groups in total. The van der Waals surface area contributed by atoms with Gasteiger partial charge in [-0.05, 0) is 30.2 Å². The highest BCUT2D eigenvalue weighted by Gasteiger charge is 2.07. The van der Waals surface area contributed by atoms with Gasteiger partial charge in [-0.2, -0.15) is 5.10 Å². The third kappa shape index (κ3) is 6.60. The van der Waals surface area contributed by atoms with Crippen LogP contribution < -0.4 is 15.4 Å². The Morgan fingerprint density at radius 3 is 2.76 bits per heavy atom. The minimum Gasteiger partial charge on any atom is -0.489 e. The molecule has 0 aliphatic heterocycles. The van der Waals surface area contributed by atoms with Gasteiger partial charge in [-0.15, -0.1) is 0 Å². The Balaban J connectivity index is 1.46. The molecular formula is C21H25FN6O. The molecule has 0 radical (unpaired) electrons. The van der Waals surface area contributed by atoms with E-state index in [9.17, 15) is 4.39 Å². The van der Waals surface area contributed by atoms with Crippen LogP contribution in [0.15, 0.2) is 66.2 Å². The molecular weight excluding hydrogens is 371 g/mol. The number of rotatable bonds is 8. The lowest BCUT2D eigenvalue weighted by molar-refractivity contribution is 0.223. The Morgan fingerprint density at radius 1 is 1.17 bits per heavy atom. The van der Waals surface area contributed by atoms with Crippen LogP contribution in [0.1, 0.15) is 18.1 Å². The number of hydrogen-bond acceptors (Lipinski definition) is 4. The molecule has 2 aromatic carbocycles. The second-order valence-electron chi connectivity index (χ2n) is 6.61. The SMILES string of the molecule is CN=C(NCc1cccc(Cn2cncn2)c1)NCC(C)Oc1cccc(F)c1. The zero-order valence-electron chi connectivity index (χ0n) is 16.5. The lowest BCUT2D eigenvalue weighted by Crippen LogP contribution is -2.41. The Labute approximate surface area is 169 Å². The van der Waals surface area contributed by atoms with Crippen LogP contribution in [-0.4, -0.2) is 40.4 Å². The van der Waals surface area contributed by atoms with Crippen molar-refractivity contribution in [3.63, 3.8) is 0 Å². The molecule has 0 aliphatic carbocycles. The minimum atomic E-state index is -0.314. The summed E-state index contributed by atoms with van der Waals surface area (Å²) in [5.74, 6) is 0.860. The van der Waals surface area contributed by atoms with E-state index in [0.717, 1.165) is 11.1 Å². The quantitative estimate of drug-likeness (QED) is 0.452. The van der Waals surface area contributed by atoms with Crippen molar-refractivity contribution in [2.75, 3.05) is 13.6 Å². The van der Waals surface area contributed by atoms with Crippen molar-refractivity contribution in [1.82, 2.24) is 25.4 Å². The van der Waals surface area contributed by atoms with E-state index in [4.69, 9.17) is 4.74 Å². The Morgan fingerprint density at radius 2 is 2.00 bits per heavy atom. The summed E-state index contributed by atoms with van der Waals surface area (Å²) in [6, 6.07) is 14.4. The third-order valence-corrected chi connectivity index (χ3v) is 4.18. The number of hydrogen-bond donors (Lipinski definition) is 2. The molecule has 1 aromatic heterocycles. The maximum atomic E-state index is 13.2. The Kier molecular flexibility index (Phi) is 7.16. The van der Waals surface area contributed by atoms with Crippen molar-refractivity contribution in [2.45, 2.75) is 26.1 Å². The van der Waals surface area contributed by atoms with Crippen LogP contribution in [0.2, 0.25) is 0 Å². The summed E-state index contributed by atoms with van der Waals surface area (Å²) in [6.45, 7) is 3.75. The summed E-state index contributed by atoms with van der Waals surface area (Å²) < 4.78 is 20.8. The number of ether oxygens (including phenoxy) is 1. The maximum absolute atomic E-state index is 13.2. The maximum Gasteiger partial charge on any atom is 0.191 e. The standard InChI is InChI=1S/C21H25FN6O/c1-16(29-20-8-4-7-19(22)10-20)11-25-21(23-2)26-12-17-5-3-6-18(9-17)13-28-15-24-14-27-28/h3-10,14-16H,11-13H2,1-2H3,(H2,23,25,26). The lowest BCUT2D eigenvalue weighted by Gasteiger charge is -2.18. The van der Waals surface area contributed by atoms with Gasteiger partial charge < -0.3 is 15.4 Å². The molecule has 8 heteroatoms. The number of aliphatic imine (C=N–C) groups is 1. The van der Waals surface area contributed by atoms with E-state index in [0.29, 0.717) is 31.3 Å². The topological polar surface area (TPSA) is 76.4 Å². The molecule has 0 bridgehead atoms. The molecule has 3 aromatic rings. The highest BCUT2D eigenvalue weighted by molar-refractivity contribution is 5.79. The van der Waals surface area contributed by atoms with Gasteiger partial charge in [-0.3, -0.25) is 4.99 Å². The number of nitrogens with zero attached hydrogens (tertiary/aromatic N) is 4. The summed E-state index contributed by atoms with van der Waals surface area (Å²) in [5.41, 5.74) is 2.28. The Bertz CT molecular complexity index is 928. The summed E-state index contributed by atoms with van der Waals surface area (Å²) >= 11 is 0. The van der Waals surface area contributed by atoms with E-state index >= 15 is 0 Å².